The van der Waals surface area contributed by atoms with Gasteiger partial charge in [-0.2, -0.15) is 0 Å². The molecule has 1 atom stereocenters. The Labute approximate surface area is 140 Å². The van der Waals surface area contributed by atoms with Crippen LogP contribution in [0.4, 0.5) is 0 Å². The summed E-state index contributed by atoms with van der Waals surface area (Å²) >= 11 is 0. The molecule has 1 aliphatic rings. The van der Waals surface area contributed by atoms with Crippen LogP contribution in [0.2, 0.25) is 0 Å². The molecule has 0 unspecified atom stereocenters. The first kappa shape index (κ1) is 16.4. The van der Waals surface area contributed by atoms with Crippen LogP contribution in [0.1, 0.15) is 20.3 Å². The predicted molar refractivity (Wildman–Crippen MR) is 85.6 cm³/mol. The Morgan fingerprint density at radius 1 is 1.46 bits per heavy atom. The van der Waals surface area contributed by atoms with Gasteiger partial charge in [0.2, 0.25) is 0 Å². The topological polar surface area (TPSA) is 93.4 Å². The molecular weight excluding hydrogens is 310 g/mol. The number of likely N-dealkylation sites (tertiary alicyclic amines) is 1. The lowest BCUT2D eigenvalue weighted by Crippen LogP contribution is -2.37. The van der Waals surface area contributed by atoms with Gasteiger partial charge in [0, 0.05) is 25.1 Å². The van der Waals surface area contributed by atoms with E-state index in [9.17, 15) is 9.90 Å². The lowest BCUT2D eigenvalue weighted by molar-refractivity contribution is -0.132. The summed E-state index contributed by atoms with van der Waals surface area (Å²) in [4.78, 5) is 14.0. The maximum Gasteiger partial charge on any atom is 0.260 e. The standard InChI is InChI=1S/C16H21N5O3/c1-16(2,23)12-6-7-20(9-12)15(22)10-24-14-5-3-4-13(8-14)21-11-17-18-19-21/h3-5,8,11-12,23H,6-7,9-10H2,1-2H3/t12-/m0/s1. The van der Waals surface area contributed by atoms with Crippen LogP contribution in [0.5, 0.6) is 5.75 Å². The lowest BCUT2D eigenvalue weighted by atomic mass is 9.90. The molecule has 1 saturated heterocycles. The van der Waals surface area contributed by atoms with Gasteiger partial charge in [-0.05, 0) is 42.8 Å². The predicted octanol–water partition coefficient (Wildman–Crippen LogP) is 0.660. The molecule has 1 aromatic carbocycles. The zero-order chi connectivity index (χ0) is 17.2. The van der Waals surface area contributed by atoms with E-state index in [2.05, 4.69) is 15.5 Å². The van der Waals surface area contributed by atoms with Crippen LogP contribution in [0.3, 0.4) is 0 Å². The zero-order valence-corrected chi connectivity index (χ0v) is 13.8. The van der Waals surface area contributed by atoms with Crippen LogP contribution >= 0.6 is 0 Å². The summed E-state index contributed by atoms with van der Waals surface area (Å²) in [5.74, 6) is 0.605. The average Bonchev–Trinajstić information content (AvgIpc) is 3.23. The maximum atomic E-state index is 12.3. The van der Waals surface area contributed by atoms with Gasteiger partial charge in [0.05, 0.1) is 11.3 Å². The third-order valence-electron chi connectivity index (χ3n) is 4.33. The Hall–Kier alpha value is -2.48. The number of aliphatic hydroxyl groups is 1. The molecule has 0 radical (unpaired) electrons. The Morgan fingerprint density at radius 3 is 2.96 bits per heavy atom. The first-order chi connectivity index (χ1) is 11.4. The van der Waals surface area contributed by atoms with Crippen molar-refractivity contribution < 1.29 is 14.6 Å². The molecule has 128 valence electrons. The molecular formula is C16H21N5O3. The van der Waals surface area contributed by atoms with Gasteiger partial charge in [0.1, 0.15) is 12.1 Å². The Morgan fingerprint density at radius 2 is 2.29 bits per heavy atom. The number of amides is 1. The van der Waals surface area contributed by atoms with E-state index in [4.69, 9.17) is 4.74 Å². The van der Waals surface area contributed by atoms with Crippen molar-refractivity contribution >= 4 is 5.91 Å². The van der Waals surface area contributed by atoms with Crippen molar-refractivity contribution in [2.24, 2.45) is 5.92 Å². The molecule has 3 rings (SSSR count). The highest BCUT2D eigenvalue weighted by Crippen LogP contribution is 2.27. The van der Waals surface area contributed by atoms with E-state index in [-0.39, 0.29) is 18.4 Å². The van der Waals surface area contributed by atoms with Crippen LogP contribution in [-0.4, -0.2) is 61.4 Å². The van der Waals surface area contributed by atoms with Crippen molar-refractivity contribution in [3.63, 3.8) is 0 Å². The van der Waals surface area contributed by atoms with Crippen molar-refractivity contribution in [3.05, 3.63) is 30.6 Å². The van der Waals surface area contributed by atoms with Gasteiger partial charge >= 0.3 is 0 Å². The van der Waals surface area contributed by atoms with Crippen molar-refractivity contribution in [2.45, 2.75) is 25.9 Å². The number of carbonyl (C=O) groups is 1. The van der Waals surface area contributed by atoms with Crippen LogP contribution in [0.25, 0.3) is 5.69 Å². The van der Waals surface area contributed by atoms with Crippen LogP contribution < -0.4 is 4.74 Å². The smallest absolute Gasteiger partial charge is 0.260 e. The maximum absolute atomic E-state index is 12.3. The Balaban J connectivity index is 1.56. The molecule has 2 aromatic rings. The van der Waals surface area contributed by atoms with Gasteiger partial charge in [-0.1, -0.05) is 6.07 Å². The second-order valence-corrected chi connectivity index (χ2v) is 6.52. The van der Waals surface area contributed by atoms with Crippen molar-refractivity contribution in [1.29, 1.82) is 0 Å². The van der Waals surface area contributed by atoms with Gasteiger partial charge < -0.3 is 14.7 Å². The number of nitrogens with zero attached hydrogens (tertiary/aromatic N) is 5. The molecule has 1 aromatic heterocycles. The third-order valence-corrected chi connectivity index (χ3v) is 4.33. The van der Waals surface area contributed by atoms with Crippen molar-refractivity contribution in [2.75, 3.05) is 19.7 Å². The SMILES string of the molecule is CC(C)(O)[C@H]1CCN(C(=O)COc2cccc(-n3cnnn3)c2)C1. The van der Waals surface area contributed by atoms with Crippen LogP contribution in [0.15, 0.2) is 30.6 Å². The highest BCUT2D eigenvalue weighted by Gasteiger charge is 2.35. The minimum Gasteiger partial charge on any atom is -0.484 e. The van der Waals surface area contributed by atoms with E-state index in [0.29, 0.717) is 18.8 Å². The number of tetrazole rings is 1. The van der Waals surface area contributed by atoms with E-state index in [1.807, 2.05) is 12.1 Å². The van der Waals surface area contributed by atoms with Crippen LogP contribution in [-0.2, 0) is 4.79 Å². The Bertz CT molecular complexity index is 696. The minimum atomic E-state index is -0.768. The first-order valence-electron chi connectivity index (χ1n) is 7.90. The molecule has 8 heteroatoms. The molecule has 0 spiro atoms. The minimum absolute atomic E-state index is 0.0301. The Kier molecular flexibility index (Phi) is 4.48. The fourth-order valence-electron chi connectivity index (χ4n) is 2.80. The fourth-order valence-corrected chi connectivity index (χ4v) is 2.80. The van der Waals surface area contributed by atoms with Gasteiger partial charge in [-0.25, -0.2) is 4.68 Å². The first-order valence-corrected chi connectivity index (χ1v) is 7.90. The highest BCUT2D eigenvalue weighted by molar-refractivity contribution is 5.78. The number of benzene rings is 1. The third kappa shape index (κ3) is 3.70. The second-order valence-electron chi connectivity index (χ2n) is 6.52. The summed E-state index contributed by atoms with van der Waals surface area (Å²) in [6.45, 7) is 4.76. The van der Waals surface area contributed by atoms with E-state index < -0.39 is 5.60 Å². The molecule has 0 saturated carbocycles. The molecule has 8 nitrogen and oxygen atoms in total. The summed E-state index contributed by atoms with van der Waals surface area (Å²) in [5, 5.41) is 21.1. The molecule has 24 heavy (non-hydrogen) atoms. The normalized spacial score (nSPS) is 18.0. The van der Waals surface area contributed by atoms with E-state index in [0.717, 1.165) is 12.1 Å². The van der Waals surface area contributed by atoms with Gasteiger partial charge in [-0.3, -0.25) is 4.79 Å². The number of hydrogen-bond acceptors (Lipinski definition) is 6. The number of carbonyl (C=O) groups excluding carboxylic acids is 1. The monoisotopic (exact) mass is 331 g/mol. The number of rotatable bonds is 5. The molecule has 1 fully saturated rings. The summed E-state index contributed by atoms with van der Waals surface area (Å²) in [7, 11) is 0. The summed E-state index contributed by atoms with van der Waals surface area (Å²) in [5.41, 5.74) is -0.0102. The molecule has 0 aliphatic carbocycles. The van der Waals surface area contributed by atoms with Crippen molar-refractivity contribution in [3.8, 4) is 11.4 Å². The zero-order valence-electron chi connectivity index (χ0n) is 13.8. The molecule has 1 amide bonds. The average molecular weight is 331 g/mol. The summed E-state index contributed by atoms with van der Waals surface area (Å²) < 4.78 is 7.12. The van der Waals surface area contributed by atoms with Crippen molar-refractivity contribution in [1.82, 2.24) is 25.1 Å². The quantitative estimate of drug-likeness (QED) is 0.865. The van der Waals surface area contributed by atoms with Crippen LogP contribution in [0, 0.1) is 5.92 Å². The fraction of sp³-hybridized carbons (Fsp3) is 0.500. The second kappa shape index (κ2) is 6.56. The lowest BCUT2D eigenvalue weighted by Gasteiger charge is -2.25. The van der Waals surface area contributed by atoms with E-state index in [1.165, 1.54) is 11.0 Å². The van der Waals surface area contributed by atoms with E-state index >= 15 is 0 Å². The van der Waals surface area contributed by atoms with Gasteiger partial charge in [0.25, 0.3) is 5.91 Å². The molecule has 1 aliphatic heterocycles. The molecule has 0 bridgehead atoms. The number of ether oxygens (including phenoxy) is 1. The summed E-state index contributed by atoms with van der Waals surface area (Å²) in [6.07, 6.45) is 2.30. The number of aromatic nitrogens is 4. The summed E-state index contributed by atoms with van der Waals surface area (Å²) in [6, 6.07) is 7.22. The van der Waals surface area contributed by atoms with Gasteiger partial charge in [0.15, 0.2) is 6.61 Å². The highest BCUT2D eigenvalue weighted by atomic mass is 16.5. The molecule has 1 N–H and O–H groups in total. The number of hydrogen-bond donors (Lipinski definition) is 1. The van der Waals surface area contributed by atoms with E-state index in [1.54, 1.807) is 30.9 Å². The molecule has 2 heterocycles. The van der Waals surface area contributed by atoms with Gasteiger partial charge in [-0.15, -0.1) is 5.10 Å². The largest absolute Gasteiger partial charge is 0.484 e.